The van der Waals surface area contributed by atoms with Gasteiger partial charge in [0.25, 0.3) is 11.7 Å². The summed E-state index contributed by atoms with van der Waals surface area (Å²) in [6, 6.07) is 4.76. The van der Waals surface area contributed by atoms with Crippen molar-refractivity contribution in [3.8, 4) is 17.0 Å². The van der Waals surface area contributed by atoms with E-state index in [1.54, 1.807) is 45.6 Å². The third-order valence-corrected chi connectivity index (χ3v) is 6.63. The summed E-state index contributed by atoms with van der Waals surface area (Å²) in [5.74, 6) is 0.805. The number of carbonyl (C=O) groups excluding carboxylic acids is 1. The molecule has 4 aromatic rings. The molecular formula is C25H23FN8O3. The highest BCUT2D eigenvalue weighted by molar-refractivity contribution is 5.94. The van der Waals surface area contributed by atoms with E-state index in [1.165, 1.54) is 6.07 Å². The predicted octanol–water partition coefficient (Wildman–Crippen LogP) is 2.84. The van der Waals surface area contributed by atoms with Crippen LogP contribution in [0.25, 0.3) is 21.7 Å². The van der Waals surface area contributed by atoms with E-state index in [1.807, 2.05) is 0 Å². The van der Waals surface area contributed by atoms with E-state index in [0.717, 1.165) is 5.56 Å². The number of aromatic nitrogens is 5. The van der Waals surface area contributed by atoms with Gasteiger partial charge in [0.15, 0.2) is 5.69 Å². The number of hydrogen-bond acceptors (Lipinski definition) is 7. The first-order valence-corrected chi connectivity index (χ1v) is 11.9. The monoisotopic (exact) mass is 502 g/mol. The van der Waals surface area contributed by atoms with Crippen molar-refractivity contribution in [2.24, 2.45) is 7.05 Å². The van der Waals surface area contributed by atoms with Gasteiger partial charge in [0.2, 0.25) is 11.6 Å². The van der Waals surface area contributed by atoms with E-state index in [4.69, 9.17) is 16.0 Å². The van der Waals surface area contributed by atoms with Crippen LogP contribution >= 0.6 is 0 Å². The van der Waals surface area contributed by atoms with Gasteiger partial charge in [-0.1, -0.05) is 11.6 Å². The van der Waals surface area contributed by atoms with Crippen molar-refractivity contribution in [2.75, 3.05) is 38.2 Å². The van der Waals surface area contributed by atoms with E-state index >= 15 is 0 Å². The Morgan fingerprint density at radius 2 is 2.11 bits per heavy atom. The quantitative estimate of drug-likeness (QED) is 0.419. The third kappa shape index (κ3) is 4.03. The maximum absolute atomic E-state index is 14.6. The van der Waals surface area contributed by atoms with Gasteiger partial charge in [-0.15, -0.1) is 0 Å². The van der Waals surface area contributed by atoms with E-state index in [0.29, 0.717) is 79.2 Å². The fourth-order valence-electron chi connectivity index (χ4n) is 4.76. The number of ether oxygens (including phenoxy) is 2. The summed E-state index contributed by atoms with van der Waals surface area (Å²) in [4.78, 5) is 27.2. The summed E-state index contributed by atoms with van der Waals surface area (Å²) in [5, 5.41) is 7.62. The lowest BCUT2D eigenvalue weighted by Gasteiger charge is -2.25. The number of imidazole rings is 1. The van der Waals surface area contributed by atoms with Crippen molar-refractivity contribution in [2.45, 2.75) is 13.0 Å². The summed E-state index contributed by atoms with van der Waals surface area (Å²) in [6.45, 7) is 10.2. The standard InChI is InChI=1S/C25H23FN8O3/c1-27-22-14-34-23(30-22)17(20-11-19(31-32(20)2)24(35)33-6-9-36-10-7-33)13-29-25(34)28-12-16-15-5-8-37-21(15)4-3-18(16)26/h3-4,11,13-14H,5-10,12H2,2H3,(H,28,29). The summed E-state index contributed by atoms with van der Waals surface area (Å²) >= 11 is 0. The average Bonchev–Trinajstić information content (AvgIpc) is 3.66. The second-order valence-electron chi connectivity index (χ2n) is 8.80. The number of anilines is 1. The molecule has 0 saturated carbocycles. The Morgan fingerprint density at radius 1 is 1.27 bits per heavy atom. The molecule has 0 unspecified atom stereocenters. The minimum atomic E-state index is -0.315. The lowest BCUT2D eigenvalue weighted by Crippen LogP contribution is -2.40. The van der Waals surface area contributed by atoms with Gasteiger partial charge in [0.05, 0.1) is 31.1 Å². The van der Waals surface area contributed by atoms with Crippen LogP contribution < -0.4 is 10.1 Å². The topological polar surface area (TPSA) is 103 Å². The number of carbonyl (C=O) groups is 1. The molecule has 188 valence electrons. The minimum absolute atomic E-state index is 0.168. The molecule has 6 rings (SSSR count). The first kappa shape index (κ1) is 22.9. The number of nitrogens with zero attached hydrogens (tertiary/aromatic N) is 7. The van der Waals surface area contributed by atoms with Gasteiger partial charge < -0.3 is 24.5 Å². The minimum Gasteiger partial charge on any atom is -0.493 e. The molecular weight excluding hydrogens is 479 g/mol. The second-order valence-corrected chi connectivity index (χ2v) is 8.80. The van der Waals surface area contributed by atoms with Gasteiger partial charge >= 0.3 is 0 Å². The average molecular weight is 503 g/mol. The van der Waals surface area contributed by atoms with Crippen LogP contribution in [0.5, 0.6) is 5.75 Å². The number of morpholine rings is 1. The van der Waals surface area contributed by atoms with Crippen molar-refractivity contribution >= 4 is 23.3 Å². The second kappa shape index (κ2) is 9.18. The Bertz CT molecular complexity index is 1560. The number of aryl methyl sites for hydroxylation is 1. The van der Waals surface area contributed by atoms with Crippen LogP contribution in [0, 0.1) is 12.4 Å². The van der Waals surface area contributed by atoms with Gasteiger partial charge in [0.1, 0.15) is 11.6 Å². The van der Waals surface area contributed by atoms with Crippen LogP contribution in [-0.4, -0.2) is 67.9 Å². The van der Waals surface area contributed by atoms with Crippen molar-refractivity contribution < 1.29 is 18.7 Å². The zero-order valence-electron chi connectivity index (χ0n) is 20.1. The molecule has 2 aliphatic heterocycles. The molecule has 3 aromatic heterocycles. The van der Waals surface area contributed by atoms with Crippen molar-refractivity contribution in [3.05, 3.63) is 64.6 Å². The number of benzene rings is 1. The zero-order chi connectivity index (χ0) is 25.5. The highest BCUT2D eigenvalue weighted by Crippen LogP contribution is 2.32. The Morgan fingerprint density at radius 3 is 2.92 bits per heavy atom. The van der Waals surface area contributed by atoms with Gasteiger partial charge in [-0.3, -0.25) is 13.9 Å². The third-order valence-electron chi connectivity index (χ3n) is 6.63. The molecule has 1 amide bonds. The fraction of sp³-hybridized carbons (Fsp3) is 0.320. The molecule has 0 aliphatic carbocycles. The van der Waals surface area contributed by atoms with Gasteiger partial charge in [-0.25, -0.2) is 9.37 Å². The highest BCUT2D eigenvalue weighted by atomic mass is 19.1. The van der Waals surface area contributed by atoms with E-state index < -0.39 is 0 Å². The first-order valence-electron chi connectivity index (χ1n) is 11.9. The van der Waals surface area contributed by atoms with Crippen LogP contribution in [0.15, 0.2) is 30.6 Å². The van der Waals surface area contributed by atoms with Gasteiger partial charge in [-0.05, 0) is 18.2 Å². The van der Waals surface area contributed by atoms with Gasteiger partial charge in [0, 0.05) is 56.6 Å². The molecule has 1 saturated heterocycles. The highest BCUT2D eigenvalue weighted by Gasteiger charge is 2.25. The molecule has 0 radical (unpaired) electrons. The van der Waals surface area contributed by atoms with E-state index in [9.17, 15) is 9.18 Å². The molecule has 12 heteroatoms. The molecule has 11 nitrogen and oxygen atoms in total. The van der Waals surface area contributed by atoms with Crippen LogP contribution in [0.1, 0.15) is 21.6 Å². The Labute approximate surface area is 211 Å². The summed E-state index contributed by atoms with van der Waals surface area (Å²) in [6.07, 6.45) is 3.84. The molecule has 0 spiro atoms. The molecule has 0 bridgehead atoms. The smallest absolute Gasteiger partial charge is 0.288 e. The SMILES string of the molecule is [C-]#[N+]c1cn2c(NCc3c(F)ccc4c3CCO4)ncc(-c3cc(C(=O)N4CCOCC4)nn3C)c2n1. The Kier molecular flexibility index (Phi) is 5.69. The summed E-state index contributed by atoms with van der Waals surface area (Å²) in [5.41, 5.74) is 3.40. The number of hydrogen-bond donors (Lipinski definition) is 1. The lowest BCUT2D eigenvalue weighted by atomic mass is 10.0. The number of nitrogens with one attached hydrogen (secondary N) is 1. The lowest BCUT2D eigenvalue weighted by molar-refractivity contribution is 0.0298. The maximum atomic E-state index is 14.6. The van der Waals surface area contributed by atoms with Crippen molar-refractivity contribution in [1.82, 2.24) is 29.0 Å². The molecule has 0 atom stereocenters. The molecule has 37 heavy (non-hydrogen) atoms. The number of halogens is 1. The van der Waals surface area contributed by atoms with Gasteiger partial charge in [-0.2, -0.15) is 5.10 Å². The van der Waals surface area contributed by atoms with Crippen LogP contribution in [0.2, 0.25) is 0 Å². The maximum Gasteiger partial charge on any atom is 0.288 e. The van der Waals surface area contributed by atoms with Crippen LogP contribution in [0.3, 0.4) is 0 Å². The Balaban J connectivity index is 1.34. The zero-order valence-corrected chi connectivity index (χ0v) is 20.1. The normalized spacial score (nSPS) is 14.9. The largest absolute Gasteiger partial charge is 0.493 e. The van der Waals surface area contributed by atoms with Crippen molar-refractivity contribution in [1.29, 1.82) is 0 Å². The number of fused-ring (bicyclic) bond motifs is 2. The van der Waals surface area contributed by atoms with E-state index in [-0.39, 0.29) is 24.1 Å². The fourth-order valence-corrected chi connectivity index (χ4v) is 4.76. The number of rotatable bonds is 5. The van der Waals surface area contributed by atoms with Crippen LogP contribution in [0.4, 0.5) is 16.2 Å². The molecule has 5 heterocycles. The van der Waals surface area contributed by atoms with E-state index in [2.05, 4.69) is 25.2 Å². The molecule has 1 N–H and O–H groups in total. The molecule has 1 aromatic carbocycles. The van der Waals surface area contributed by atoms with Crippen molar-refractivity contribution in [3.63, 3.8) is 0 Å². The first-order chi connectivity index (χ1) is 18.0. The number of amides is 1. The Hall–Kier alpha value is -4.50. The summed E-state index contributed by atoms with van der Waals surface area (Å²) < 4.78 is 28.8. The summed E-state index contributed by atoms with van der Waals surface area (Å²) in [7, 11) is 1.74. The van der Waals surface area contributed by atoms with Crippen LogP contribution in [-0.2, 0) is 24.8 Å². The predicted molar refractivity (Wildman–Crippen MR) is 131 cm³/mol. The molecule has 1 fully saturated rings. The molecule has 2 aliphatic rings.